The van der Waals surface area contributed by atoms with E-state index in [4.69, 9.17) is 0 Å². The molecule has 3 nitrogen and oxygen atoms in total. The Morgan fingerprint density at radius 1 is 1.40 bits per heavy atom. The number of aliphatic hydroxyl groups is 1. The molecule has 1 aromatic heterocycles. The Labute approximate surface area is 121 Å². The van der Waals surface area contributed by atoms with Gasteiger partial charge in [0.1, 0.15) is 0 Å². The van der Waals surface area contributed by atoms with Crippen LogP contribution in [0.25, 0.3) is 10.9 Å². The highest BCUT2D eigenvalue weighted by Crippen LogP contribution is 2.44. The van der Waals surface area contributed by atoms with Gasteiger partial charge < -0.3 is 5.11 Å². The van der Waals surface area contributed by atoms with Gasteiger partial charge in [0, 0.05) is 9.86 Å². The molecule has 0 unspecified atom stereocenters. The van der Waals surface area contributed by atoms with E-state index < -0.39 is 17.3 Å². The number of aromatic nitrogens is 2. The van der Waals surface area contributed by atoms with Crippen molar-refractivity contribution in [3.05, 3.63) is 28.4 Å². The molecule has 0 aliphatic heterocycles. The van der Waals surface area contributed by atoms with Crippen LogP contribution in [0.2, 0.25) is 0 Å². The molecule has 1 aliphatic carbocycles. The predicted octanol–water partition coefficient (Wildman–Crippen LogP) is 3.90. The third-order valence-corrected chi connectivity index (χ3v) is 4.11. The van der Waals surface area contributed by atoms with Crippen molar-refractivity contribution in [2.75, 3.05) is 0 Å². The molecule has 2 aromatic rings. The number of fused-ring (bicyclic) bond motifs is 1. The topological polar surface area (TPSA) is 38.0 Å². The van der Waals surface area contributed by atoms with E-state index in [2.05, 4.69) is 21.0 Å². The van der Waals surface area contributed by atoms with Crippen LogP contribution >= 0.6 is 15.9 Å². The minimum absolute atomic E-state index is 0.0844. The van der Waals surface area contributed by atoms with Crippen molar-refractivity contribution >= 4 is 26.8 Å². The molecule has 1 N–H and O–H groups in total. The maximum Gasteiger partial charge on any atom is 0.418 e. The van der Waals surface area contributed by atoms with Crippen LogP contribution in [0.5, 0.6) is 0 Å². The molecule has 0 bridgehead atoms. The smallest absolute Gasteiger partial charge is 0.390 e. The first-order valence-corrected chi connectivity index (χ1v) is 6.93. The minimum atomic E-state index is -4.44. The molecule has 1 saturated carbocycles. The second kappa shape index (κ2) is 4.21. The average molecular weight is 349 g/mol. The maximum atomic E-state index is 13.2. The third-order valence-electron chi connectivity index (χ3n) is 3.66. The summed E-state index contributed by atoms with van der Waals surface area (Å²) in [6, 6.07) is 2.49. The van der Waals surface area contributed by atoms with Gasteiger partial charge in [-0.2, -0.15) is 18.3 Å². The van der Waals surface area contributed by atoms with E-state index in [1.165, 1.54) is 10.9 Å². The molecule has 3 rings (SSSR count). The van der Waals surface area contributed by atoms with Crippen LogP contribution in [-0.4, -0.2) is 20.5 Å². The lowest BCUT2D eigenvalue weighted by molar-refractivity contribution is -0.136. The Balaban J connectivity index is 2.16. The average Bonchev–Trinajstić information content (AvgIpc) is 2.66. The number of nitrogens with zero attached hydrogens (tertiary/aromatic N) is 2. The number of hydrogen-bond donors (Lipinski definition) is 1. The van der Waals surface area contributed by atoms with Gasteiger partial charge in [0.05, 0.1) is 28.9 Å². The summed E-state index contributed by atoms with van der Waals surface area (Å²) >= 11 is 3.09. The molecule has 1 aromatic carbocycles. The quantitative estimate of drug-likeness (QED) is 0.848. The summed E-state index contributed by atoms with van der Waals surface area (Å²) in [6.45, 7) is 1.68. The van der Waals surface area contributed by atoms with Crippen LogP contribution in [0.3, 0.4) is 0 Å². The molecule has 20 heavy (non-hydrogen) atoms. The van der Waals surface area contributed by atoms with E-state index in [1.54, 1.807) is 13.0 Å². The van der Waals surface area contributed by atoms with Crippen LogP contribution in [0.1, 0.15) is 31.4 Å². The van der Waals surface area contributed by atoms with Gasteiger partial charge in [0.15, 0.2) is 0 Å². The first-order chi connectivity index (χ1) is 9.17. The Morgan fingerprint density at radius 2 is 2.05 bits per heavy atom. The first kappa shape index (κ1) is 13.9. The van der Waals surface area contributed by atoms with Gasteiger partial charge in [-0.1, -0.05) is 15.9 Å². The standard InChI is InChI=1S/C13H12BrF3N2O/c1-12(20)4-9(5-12)19-11-7(6-18-19)2-8(14)3-10(11)13(15,16)17/h2-3,6,9,20H,4-5H2,1H3/t9-,12+. The van der Waals surface area contributed by atoms with Gasteiger partial charge in [0.25, 0.3) is 0 Å². The third kappa shape index (κ3) is 2.22. The van der Waals surface area contributed by atoms with Crippen LogP contribution in [-0.2, 0) is 6.18 Å². The molecule has 0 atom stereocenters. The van der Waals surface area contributed by atoms with Gasteiger partial charge >= 0.3 is 6.18 Å². The number of hydrogen-bond acceptors (Lipinski definition) is 2. The molecule has 7 heteroatoms. The fraction of sp³-hybridized carbons (Fsp3) is 0.462. The van der Waals surface area contributed by atoms with E-state index in [1.807, 2.05) is 0 Å². The molecule has 0 saturated heterocycles. The number of benzene rings is 1. The number of alkyl halides is 3. The lowest BCUT2D eigenvalue weighted by Crippen LogP contribution is -2.42. The molecule has 0 spiro atoms. The van der Waals surface area contributed by atoms with Crippen molar-refractivity contribution in [2.45, 2.75) is 37.6 Å². The Morgan fingerprint density at radius 3 is 2.60 bits per heavy atom. The molecule has 1 fully saturated rings. The van der Waals surface area contributed by atoms with Crippen LogP contribution < -0.4 is 0 Å². The van der Waals surface area contributed by atoms with Crippen molar-refractivity contribution in [2.24, 2.45) is 0 Å². The first-order valence-electron chi connectivity index (χ1n) is 6.14. The number of halogens is 4. The van der Waals surface area contributed by atoms with Crippen molar-refractivity contribution in [3.8, 4) is 0 Å². The van der Waals surface area contributed by atoms with E-state index in [9.17, 15) is 18.3 Å². The molecule has 0 amide bonds. The molecular weight excluding hydrogens is 337 g/mol. The summed E-state index contributed by atoms with van der Waals surface area (Å²) in [6.07, 6.45) is -2.18. The van der Waals surface area contributed by atoms with Crippen LogP contribution in [0.15, 0.2) is 22.8 Å². The summed E-state index contributed by atoms with van der Waals surface area (Å²) in [7, 11) is 0. The largest absolute Gasteiger partial charge is 0.418 e. The Bertz CT molecular complexity index is 670. The van der Waals surface area contributed by atoms with Crippen molar-refractivity contribution in [1.29, 1.82) is 0 Å². The second-order valence-electron chi connectivity index (χ2n) is 5.54. The molecule has 108 valence electrons. The monoisotopic (exact) mass is 348 g/mol. The zero-order valence-corrected chi connectivity index (χ0v) is 12.2. The highest BCUT2D eigenvalue weighted by molar-refractivity contribution is 9.10. The highest BCUT2D eigenvalue weighted by atomic mass is 79.9. The van der Waals surface area contributed by atoms with E-state index >= 15 is 0 Å². The van der Waals surface area contributed by atoms with Gasteiger partial charge in [-0.05, 0) is 31.9 Å². The summed E-state index contributed by atoms with van der Waals surface area (Å²) in [4.78, 5) is 0. The van der Waals surface area contributed by atoms with Gasteiger partial charge in [-0.25, -0.2) is 0 Å². The fourth-order valence-electron chi connectivity index (χ4n) is 2.78. The zero-order valence-electron chi connectivity index (χ0n) is 10.6. The number of rotatable bonds is 1. The summed E-state index contributed by atoms with van der Waals surface area (Å²) < 4.78 is 41.3. The lowest BCUT2D eigenvalue weighted by atomic mass is 9.77. The molecular formula is C13H12BrF3N2O. The lowest BCUT2D eigenvalue weighted by Gasteiger charge is -2.41. The van der Waals surface area contributed by atoms with Gasteiger partial charge in [-0.15, -0.1) is 0 Å². The molecule has 1 heterocycles. The maximum absolute atomic E-state index is 13.2. The van der Waals surface area contributed by atoms with Crippen molar-refractivity contribution in [1.82, 2.24) is 9.78 Å². The summed E-state index contributed by atoms with van der Waals surface area (Å²) in [5, 5.41) is 14.3. The van der Waals surface area contributed by atoms with Crippen LogP contribution in [0, 0.1) is 0 Å². The fourth-order valence-corrected chi connectivity index (χ4v) is 3.25. The Kier molecular flexibility index (Phi) is 2.92. The van der Waals surface area contributed by atoms with Crippen LogP contribution in [0.4, 0.5) is 13.2 Å². The minimum Gasteiger partial charge on any atom is -0.390 e. The normalized spacial score (nSPS) is 26.8. The molecule has 1 aliphatic rings. The van der Waals surface area contributed by atoms with Gasteiger partial charge in [-0.3, -0.25) is 4.68 Å². The van der Waals surface area contributed by atoms with E-state index in [-0.39, 0.29) is 11.6 Å². The summed E-state index contributed by atoms with van der Waals surface area (Å²) in [5.74, 6) is 0. The summed E-state index contributed by atoms with van der Waals surface area (Å²) in [5.41, 5.74) is -1.43. The predicted molar refractivity (Wildman–Crippen MR) is 71.3 cm³/mol. The van der Waals surface area contributed by atoms with Crippen molar-refractivity contribution < 1.29 is 18.3 Å². The van der Waals surface area contributed by atoms with E-state index in [0.717, 1.165) is 6.07 Å². The van der Waals surface area contributed by atoms with E-state index in [0.29, 0.717) is 22.7 Å². The zero-order chi connectivity index (χ0) is 14.7. The van der Waals surface area contributed by atoms with Gasteiger partial charge in [0.2, 0.25) is 0 Å². The SMILES string of the molecule is C[C@]1(O)C[C@@H](n2ncc3cc(Br)cc(C(F)(F)F)c32)C1. The Hall–Kier alpha value is -1.08. The van der Waals surface area contributed by atoms with Crippen molar-refractivity contribution in [3.63, 3.8) is 0 Å². The highest BCUT2D eigenvalue weighted by Gasteiger charge is 2.42. The second-order valence-corrected chi connectivity index (χ2v) is 6.45. The molecule has 0 radical (unpaired) electrons.